The average molecular weight is 269 g/mol. The fraction of sp³-hybridized carbons (Fsp3) is 0.333. The van der Waals surface area contributed by atoms with Gasteiger partial charge in [0.25, 0.3) is 0 Å². The van der Waals surface area contributed by atoms with Gasteiger partial charge in [-0.2, -0.15) is 0 Å². The van der Waals surface area contributed by atoms with Crippen molar-refractivity contribution in [3.63, 3.8) is 0 Å². The standard InChI is InChI=1S/C18H20FN/c1-12-5-3-6-14(11-12)13(2)20-18-10-9-15-16(18)7-4-8-17(15)19/h3-8,11,13,18,20H,9-10H2,1-2H3/t13-,18?/m1/s1. The van der Waals surface area contributed by atoms with Crippen molar-refractivity contribution in [2.75, 3.05) is 0 Å². The number of fused-ring (bicyclic) bond motifs is 1. The van der Waals surface area contributed by atoms with E-state index in [9.17, 15) is 4.39 Å². The van der Waals surface area contributed by atoms with Gasteiger partial charge in [-0.15, -0.1) is 0 Å². The van der Waals surface area contributed by atoms with Gasteiger partial charge in [0.05, 0.1) is 0 Å². The molecule has 0 amide bonds. The molecule has 0 saturated heterocycles. The summed E-state index contributed by atoms with van der Waals surface area (Å²) in [5.41, 5.74) is 4.58. The van der Waals surface area contributed by atoms with Crippen LogP contribution in [0.5, 0.6) is 0 Å². The predicted octanol–water partition coefficient (Wildman–Crippen LogP) is 4.47. The molecule has 20 heavy (non-hydrogen) atoms. The van der Waals surface area contributed by atoms with Gasteiger partial charge in [0.2, 0.25) is 0 Å². The molecule has 1 nitrogen and oxygen atoms in total. The Morgan fingerprint density at radius 1 is 1.20 bits per heavy atom. The maximum atomic E-state index is 13.7. The van der Waals surface area contributed by atoms with E-state index in [-0.39, 0.29) is 17.9 Å². The molecule has 0 radical (unpaired) electrons. The molecular weight excluding hydrogens is 249 g/mol. The molecule has 0 aromatic heterocycles. The molecule has 104 valence electrons. The minimum Gasteiger partial charge on any atom is -0.303 e. The van der Waals surface area contributed by atoms with E-state index in [0.717, 1.165) is 24.0 Å². The van der Waals surface area contributed by atoms with Gasteiger partial charge in [0.15, 0.2) is 0 Å². The summed E-state index contributed by atoms with van der Waals surface area (Å²) < 4.78 is 13.7. The van der Waals surface area contributed by atoms with Gasteiger partial charge in [-0.25, -0.2) is 4.39 Å². The van der Waals surface area contributed by atoms with Crippen molar-refractivity contribution >= 4 is 0 Å². The highest BCUT2D eigenvalue weighted by molar-refractivity contribution is 5.36. The highest BCUT2D eigenvalue weighted by Gasteiger charge is 2.25. The Labute approximate surface area is 119 Å². The molecule has 1 aliphatic carbocycles. The molecule has 2 atom stereocenters. The van der Waals surface area contributed by atoms with E-state index >= 15 is 0 Å². The molecule has 3 rings (SSSR count). The van der Waals surface area contributed by atoms with E-state index in [4.69, 9.17) is 0 Å². The van der Waals surface area contributed by atoms with E-state index < -0.39 is 0 Å². The van der Waals surface area contributed by atoms with E-state index in [0.29, 0.717) is 0 Å². The Bertz CT molecular complexity index is 621. The number of rotatable bonds is 3. The Kier molecular flexibility index (Phi) is 3.58. The van der Waals surface area contributed by atoms with Crippen molar-refractivity contribution in [3.05, 3.63) is 70.5 Å². The van der Waals surface area contributed by atoms with Crippen LogP contribution in [-0.4, -0.2) is 0 Å². The highest BCUT2D eigenvalue weighted by Crippen LogP contribution is 2.34. The maximum Gasteiger partial charge on any atom is 0.126 e. The largest absolute Gasteiger partial charge is 0.303 e. The van der Waals surface area contributed by atoms with Crippen LogP contribution in [0.4, 0.5) is 4.39 Å². The van der Waals surface area contributed by atoms with Crippen molar-refractivity contribution in [2.24, 2.45) is 0 Å². The molecule has 1 N–H and O–H groups in total. The zero-order valence-electron chi connectivity index (χ0n) is 12.0. The fourth-order valence-corrected chi connectivity index (χ4v) is 3.12. The van der Waals surface area contributed by atoms with Gasteiger partial charge in [0.1, 0.15) is 5.82 Å². The van der Waals surface area contributed by atoms with Crippen molar-refractivity contribution in [1.29, 1.82) is 0 Å². The summed E-state index contributed by atoms with van der Waals surface area (Å²) in [7, 11) is 0. The second-order valence-electron chi connectivity index (χ2n) is 5.70. The number of aryl methyl sites for hydroxylation is 1. The first-order valence-electron chi connectivity index (χ1n) is 7.25. The van der Waals surface area contributed by atoms with Crippen molar-refractivity contribution in [1.82, 2.24) is 5.32 Å². The Morgan fingerprint density at radius 3 is 2.80 bits per heavy atom. The molecule has 1 aliphatic rings. The molecule has 0 fully saturated rings. The number of nitrogens with one attached hydrogen (secondary N) is 1. The quantitative estimate of drug-likeness (QED) is 0.866. The molecule has 0 aliphatic heterocycles. The molecule has 0 heterocycles. The van der Waals surface area contributed by atoms with Gasteiger partial charge in [-0.05, 0) is 49.4 Å². The van der Waals surface area contributed by atoms with Crippen LogP contribution < -0.4 is 5.32 Å². The number of halogens is 1. The van der Waals surface area contributed by atoms with Crippen LogP contribution in [0.15, 0.2) is 42.5 Å². The summed E-state index contributed by atoms with van der Waals surface area (Å²) >= 11 is 0. The van der Waals surface area contributed by atoms with Crippen molar-refractivity contribution in [2.45, 2.75) is 38.8 Å². The molecule has 0 bridgehead atoms. The minimum atomic E-state index is -0.0602. The lowest BCUT2D eigenvalue weighted by molar-refractivity contribution is 0.465. The first-order chi connectivity index (χ1) is 9.65. The van der Waals surface area contributed by atoms with Gasteiger partial charge in [-0.1, -0.05) is 42.0 Å². The van der Waals surface area contributed by atoms with Gasteiger partial charge >= 0.3 is 0 Å². The summed E-state index contributed by atoms with van der Waals surface area (Å²) in [4.78, 5) is 0. The van der Waals surface area contributed by atoms with Crippen LogP contribution in [0.25, 0.3) is 0 Å². The minimum absolute atomic E-state index is 0.0602. The monoisotopic (exact) mass is 269 g/mol. The Hall–Kier alpha value is -1.67. The molecule has 2 aromatic carbocycles. The van der Waals surface area contributed by atoms with Crippen LogP contribution in [-0.2, 0) is 6.42 Å². The molecule has 1 unspecified atom stereocenters. The molecule has 2 heteroatoms. The van der Waals surface area contributed by atoms with E-state index in [1.165, 1.54) is 11.1 Å². The van der Waals surface area contributed by atoms with Gasteiger partial charge in [0, 0.05) is 12.1 Å². The second-order valence-corrected chi connectivity index (χ2v) is 5.70. The lowest BCUT2D eigenvalue weighted by atomic mass is 10.0. The lowest BCUT2D eigenvalue weighted by Crippen LogP contribution is -2.23. The second kappa shape index (κ2) is 5.37. The first-order valence-corrected chi connectivity index (χ1v) is 7.25. The zero-order chi connectivity index (χ0) is 14.1. The van der Waals surface area contributed by atoms with Gasteiger partial charge < -0.3 is 5.32 Å². The summed E-state index contributed by atoms with van der Waals surface area (Å²) in [5.74, 6) is -0.0602. The fourth-order valence-electron chi connectivity index (χ4n) is 3.12. The third kappa shape index (κ3) is 2.48. The van der Waals surface area contributed by atoms with Crippen molar-refractivity contribution < 1.29 is 4.39 Å². The summed E-state index contributed by atoms with van der Waals surface area (Å²) in [6, 6.07) is 14.5. The van der Waals surface area contributed by atoms with E-state index in [2.05, 4.69) is 43.4 Å². The smallest absolute Gasteiger partial charge is 0.126 e. The maximum absolute atomic E-state index is 13.7. The molecular formula is C18H20FN. The predicted molar refractivity (Wildman–Crippen MR) is 80.2 cm³/mol. The number of hydrogen-bond acceptors (Lipinski definition) is 1. The summed E-state index contributed by atoms with van der Waals surface area (Å²) in [6.07, 6.45) is 1.81. The van der Waals surface area contributed by atoms with Crippen LogP contribution in [0.1, 0.15) is 47.7 Å². The topological polar surface area (TPSA) is 12.0 Å². The third-order valence-electron chi connectivity index (χ3n) is 4.21. The average Bonchev–Trinajstić information content (AvgIpc) is 2.83. The van der Waals surface area contributed by atoms with Gasteiger partial charge in [-0.3, -0.25) is 0 Å². The summed E-state index contributed by atoms with van der Waals surface area (Å²) in [6.45, 7) is 4.28. The lowest BCUT2D eigenvalue weighted by Gasteiger charge is -2.21. The van der Waals surface area contributed by atoms with Crippen molar-refractivity contribution in [3.8, 4) is 0 Å². The number of benzene rings is 2. The van der Waals surface area contributed by atoms with Crippen LogP contribution in [0, 0.1) is 12.7 Å². The van der Waals surface area contributed by atoms with Crippen LogP contribution in [0.2, 0.25) is 0 Å². The molecule has 0 saturated carbocycles. The normalized spacial score (nSPS) is 18.9. The number of hydrogen-bond donors (Lipinski definition) is 1. The SMILES string of the molecule is Cc1cccc([C@@H](C)NC2CCc3c(F)cccc32)c1. The first kappa shape index (κ1) is 13.3. The molecule has 0 spiro atoms. The molecule has 2 aromatic rings. The Balaban J connectivity index is 1.79. The van der Waals surface area contributed by atoms with Crippen LogP contribution >= 0.6 is 0 Å². The zero-order valence-corrected chi connectivity index (χ0v) is 12.0. The van der Waals surface area contributed by atoms with Crippen LogP contribution in [0.3, 0.4) is 0 Å². The summed E-state index contributed by atoms with van der Waals surface area (Å²) in [5, 5.41) is 3.64. The Morgan fingerprint density at radius 2 is 2.00 bits per heavy atom. The third-order valence-corrected chi connectivity index (χ3v) is 4.21. The van der Waals surface area contributed by atoms with E-state index in [1.807, 2.05) is 12.1 Å². The van der Waals surface area contributed by atoms with E-state index in [1.54, 1.807) is 6.07 Å². The highest BCUT2D eigenvalue weighted by atomic mass is 19.1.